The number of amides is 2. The number of thiophene rings is 1. The van der Waals surface area contributed by atoms with Gasteiger partial charge in [-0.1, -0.05) is 0 Å². The molecule has 0 radical (unpaired) electrons. The number of ether oxygens (including phenoxy) is 1. The molecule has 0 aliphatic heterocycles. The molecule has 0 aliphatic rings. The Bertz CT molecular complexity index is 1180. The van der Waals surface area contributed by atoms with Gasteiger partial charge in [-0.3, -0.25) is 9.59 Å². The van der Waals surface area contributed by atoms with Crippen molar-refractivity contribution in [2.24, 2.45) is 5.73 Å². The van der Waals surface area contributed by atoms with Gasteiger partial charge in [0, 0.05) is 22.7 Å². The molecular formula is C20H23N5O4S. The van der Waals surface area contributed by atoms with E-state index in [9.17, 15) is 14.4 Å². The Morgan fingerprint density at radius 3 is 2.57 bits per heavy atom. The van der Waals surface area contributed by atoms with Gasteiger partial charge in [0.1, 0.15) is 10.6 Å². The molecule has 3 aromatic heterocycles. The number of methoxy groups -OCH3 is 1. The summed E-state index contributed by atoms with van der Waals surface area (Å²) in [5.74, 6) is -1.29. The summed E-state index contributed by atoms with van der Waals surface area (Å²) in [5, 5.41) is 7.51. The van der Waals surface area contributed by atoms with Crippen molar-refractivity contribution in [1.82, 2.24) is 14.6 Å². The van der Waals surface area contributed by atoms with E-state index in [1.165, 1.54) is 24.6 Å². The summed E-state index contributed by atoms with van der Waals surface area (Å²) in [6.45, 7) is 7.39. The molecule has 0 spiro atoms. The standard InChI is InChI=1S/C20H23N5O4S/c1-9-12(4)30-19(16(9)20(28)29-5)24-15(26)7-6-13-10(2)23-18-14(17(21)27)8-22-25(18)11(13)3/h8H,6-7H2,1-5H3,(H2,21,27)(H,24,26). The SMILES string of the molecule is COC(=O)c1c(NC(=O)CCc2c(C)nc3c(C(N)=O)cnn3c2C)sc(C)c1C. The van der Waals surface area contributed by atoms with Crippen LogP contribution in [0.3, 0.4) is 0 Å². The summed E-state index contributed by atoms with van der Waals surface area (Å²) < 4.78 is 6.40. The van der Waals surface area contributed by atoms with Crippen LogP contribution < -0.4 is 11.1 Å². The summed E-state index contributed by atoms with van der Waals surface area (Å²) >= 11 is 1.35. The van der Waals surface area contributed by atoms with E-state index in [2.05, 4.69) is 15.4 Å². The fraction of sp³-hybridized carbons (Fsp3) is 0.350. The highest BCUT2D eigenvalue weighted by Crippen LogP contribution is 2.33. The molecule has 3 N–H and O–H groups in total. The van der Waals surface area contributed by atoms with E-state index >= 15 is 0 Å². The van der Waals surface area contributed by atoms with E-state index in [0.717, 1.165) is 21.7 Å². The molecule has 158 valence electrons. The molecule has 2 amide bonds. The molecule has 0 saturated heterocycles. The first-order chi connectivity index (χ1) is 14.1. The Hall–Kier alpha value is -3.27. The molecule has 3 aromatic rings. The van der Waals surface area contributed by atoms with Crippen LogP contribution in [0.4, 0.5) is 5.00 Å². The van der Waals surface area contributed by atoms with Crippen molar-refractivity contribution in [3.8, 4) is 0 Å². The second-order valence-corrected chi connectivity index (χ2v) is 8.17. The summed E-state index contributed by atoms with van der Waals surface area (Å²) in [6.07, 6.45) is 2.01. The number of aromatic nitrogens is 3. The number of anilines is 1. The molecule has 9 nitrogen and oxygen atoms in total. The highest BCUT2D eigenvalue weighted by molar-refractivity contribution is 7.16. The number of nitrogens with two attached hydrogens (primary N) is 1. The van der Waals surface area contributed by atoms with E-state index in [4.69, 9.17) is 10.5 Å². The molecule has 0 unspecified atom stereocenters. The number of aryl methyl sites for hydroxylation is 3. The molecule has 30 heavy (non-hydrogen) atoms. The van der Waals surface area contributed by atoms with Gasteiger partial charge in [0.25, 0.3) is 5.91 Å². The summed E-state index contributed by atoms with van der Waals surface area (Å²) in [5.41, 5.74) is 9.57. The molecule has 0 bridgehead atoms. The Labute approximate surface area is 177 Å². The van der Waals surface area contributed by atoms with Gasteiger partial charge in [-0.2, -0.15) is 5.10 Å². The van der Waals surface area contributed by atoms with Crippen LogP contribution in [0.25, 0.3) is 5.65 Å². The number of primary amides is 1. The highest BCUT2D eigenvalue weighted by atomic mass is 32.1. The zero-order valence-electron chi connectivity index (χ0n) is 17.5. The molecular weight excluding hydrogens is 406 g/mol. The monoisotopic (exact) mass is 429 g/mol. The lowest BCUT2D eigenvalue weighted by molar-refractivity contribution is -0.116. The Kier molecular flexibility index (Phi) is 5.88. The average molecular weight is 430 g/mol. The number of nitrogens with zero attached hydrogens (tertiary/aromatic N) is 3. The third kappa shape index (κ3) is 3.78. The van der Waals surface area contributed by atoms with Gasteiger partial charge < -0.3 is 15.8 Å². The highest BCUT2D eigenvalue weighted by Gasteiger charge is 2.22. The van der Waals surface area contributed by atoms with Crippen LogP contribution >= 0.6 is 11.3 Å². The van der Waals surface area contributed by atoms with Gasteiger partial charge >= 0.3 is 5.97 Å². The van der Waals surface area contributed by atoms with Crippen LogP contribution in [-0.2, 0) is 16.0 Å². The first-order valence-electron chi connectivity index (χ1n) is 9.27. The van der Waals surface area contributed by atoms with E-state index in [1.54, 1.807) is 4.52 Å². The normalized spacial score (nSPS) is 11.0. The predicted molar refractivity (Wildman–Crippen MR) is 113 cm³/mol. The van der Waals surface area contributed by atoms with Gasteiger partial charge in [0.15, 0.2) is 5.65 Å². The Morgan fingerprint density at radius 2 is 1.93 bits per heavy atom. The number of carbonyl (C=O) groups is 3. The van der Waals surface area contributed by atoms with E-state index < -0.39 is 11.9 Å². The third-order valence-corrected chi connectivity index (χ3v) is 6.23. The molecule has 3 rings (SSSR count). The summed E-state index contributed by atoms with van der Waals surface area (Å²) in [6, 6.07) is 0. The van der Waals surface area contributed by atoms with E-state index in [0.29, 0.717) is 28.3 Å². The van der Waals surface area contributed by atoms with Crippen LogP contribution in [0, 0.1) is 27.7 Å². The molecule has 0 aliphatic carbocycles. The minimum absolute atomic E-state index is 0.190. The van der Waals surface area contributed by atoms with Gasteiger partial charge in [-0.05, 0) is 45.2 Å². The molecule has 0 saturated carbocycles. The lowest BCUT2D eigenvalue weighted by Crippen LogP contribution is -2.16. The summed E-state index contributed by atoms with van der Waals surface area (Å²) in [4.78, 5) is 41.6. The number of fused-ring (bicyclic) bond motifs is 1. The van der Waals surface area contributed by atoms with Crippen molar-refractivity contribution in [3.63, 3.8) is 0 Å². The average Bonchev–Trinajstić information content (AvgIpc) is 3.22. The topological polar surface area (TPSA) is 129 Å². The third-order valence-electron chi connectivity index (χ3n) is 5.10. The minimum atomic E-state index is -0.591. The molecule has 0 atom stereocenters. The van der Waals surface area contributed by atoms with Crippen LogP contribution in [0.15, 0.2) is 6.20 Å². The minimum Gasteiger partial charge on any atom is -0.465 e. The molecule has 10 heteroatoms. The largest absolute Gasteiger partial charge is 0.465 e. The van der Waals surface area contributed by atoms with E-state index in [-0.39, 0.29) is 17.9 Å². The smallest absolute Gasteiger partial charge is 0.341 e. The van der Waals surface area contributed by atoms with Gasteiger partial charge in [0.05, 0.1) is 18.9 Å². The molecule has 0 fully saturated rings. The maximum Gasteiger partial charge on any atom is 0.341 e. The maximum atomic E-state index is 12.6. The van der Waals surface area contributed by atoms with Crippen LogP contribution in [0.1, 0.15) is 54.5 Å². The number of carbonyl (C=O) groups excluding carboxylic acids is 3. The van der Waals surface area contributed by atoms with Crippen molar-refractivity contribution < 1.29 is 19.1 Å². The van der Waals surface area contributed by atoms with Crippen LogP contribution in [0.2, 0.25) is 0 Å². The fourth-order valence-corrected chi connectivity index (χ4v) is 4.40. The zero-order valence-corrected chi connectivity index (χ0v) is 18.3. The maximum absolute atomic E-state index is 12.6. The molecule has 0 aromatic carbocycles. The van der Waals surface area contributed by atoms with Gasteiger partial charge in [0.2, 0.25) is 5.91 Å². The second kappa shape index (κ2) is 8.23. The quantitative estimate of drug-likeness (QED) is 0.579. The van der Waals surface area contributed by atoms with Crippen LogP contribution in [-0.4, -0.2) is 39.5 Å². The first-order valence-corrected chi connectivity index (χ1v) is 10.1. The second-order valence-electron chi connectivity index (χ2n) is 6.95. The number of rotatable bonds is 6. The summed E-state index contributed by atoms with van der Waals surface area (Å²) in [7, 11) is 1.31. The first kappa shape index (κ1) is 21.4. The van der Waals surface area contributed by atoms with Crippen molar-refractivity contribution in [1.29, 1.82) is 0 Å². The van der Waals surface area contributed by atoms with Crippen molar-refractivity contribution in [3.05, 3.63) is 44.7 Å². The van der Waals surface area contributed by atoms with Crippen molar-refractivity contribution >= 4 is 39.8 Å². The van der Waals surface area contributed by atoms with Crippen molar-refractivity contribution in [2.45, 2.75) is 40.5 Å². The number of nitrogens with one attached hydrogen (secondary N) is 1. The Morgan fingerprint density at radius 1 is 1.23 bits per heavy atom. The van der Waals surface area contributed by atoms with Crippen LogP contribution in [0.5, 0.6) is 0 Å². The van der Waals surface area contributed by atoms with Gasteiger partial charge in [-0.25, -0.2) is 14.3 Å². The predicted octanol–water partition coefficient (Wildman–Crippen LogP) is 2.48. The Balaban J connectivity index is 1.81. The number of esters is 1. The fourth-order valence-electron chi connectivity index (χ4n) is 3.34. The van der Waals surface area contributed by atoms with Gasteiger partial charge in [-0.15, -0.1) is 11.3 Å². The molecule has 3 heterocycles. The van der Waals surface area contributed by atoms with Crippen molar-refractivity contribution in [2.75, 3.05) is 12.4 Å². The number of hydrogen-bond donors (Lipinski definition) is 2. The number of hydrogen-bond acceptors (Lipinski definition) is 7. The van der Waals surface area contributed by atoms with E-state index in [1.807, 2.05) is 27.7 Å². The lowest BCUT2D eigenvalue weighted by Gasteiger charge is -2.11. The lowest BCUT2D eigenvalue weighted by atomic mass is 10.1. The zero-order chi connectivity index (χ0) is 22.2.